The van der Waals surface area contributed by atoms with E-state index in [2.05, 4.69) is 5.32 Å². The molecule has 0 atom stereocenters. The zero-order valence-electron chi connectivity index (χ0n) is 13.6. The Morgan fingerprint density at radius 2 is 2.04 bits per heavy atom. The number of aromatic carboxylic acids is 1. The largest absolute Gasteiger partial charge is 0.496 e. The van der Waals surface area contributed by atoms with Crippen LogP contribution in [0.25, 0.3) is 0 Å². The van der Waals surface area contributed by atoms with E-state index >= 15 is 0 Å². The number of amides is 1. The van der Waals surface area contributed by atoms with Crippen LogP contribution in [0, 0.1) is 5.41 Å². The Bertz CT molecular complexity index is 580. The van der Waals surface area contributed by atoms with Crippen molar-refractivity contribution in [1.29, 1.82) is 0 Å². The fraction of sp³-hybridized carbons (Fsp3) is 0.529. The third-order valence-electron chi connectivity index (χ3n) is 4.33. The second-order valence-electron chi connectivity index (χ2n) is 5.86. The number of carboxylic acids is 1. The average molecular weight is 321 g/mol. The number of nitrogens with one attached hydrogen (secondary N) is 1. The Balaban J connectivity index is 1.89. The molecule has 0 aliphatic heterocycles. The van der Waals surface area contributed by atoms with Gasteiger partial charge in [-0.3, -0.25) is 4.79 Å². The van der Waals surface area contributed by atoms with Crippen LogP contribution < -0.4 is 10.1 Å². The van der Waals surface area contributed by atoms with E-state index in [1.807, 2.05) is 0 Å². The van der Waals surface area contributed by atoms with Gasteiger partial charge in [0.1, 0.15) is 5.75 Å². The summed E-state index contributed by atoms with van der Waals surface area (Å²) in [4.78, 5) is 23.2. The van der Waals surface area contributed by atoms with Gasteiger partial charge in [-0.05, 0) is 43.4 Å². The molecule has 6 heteroatoms. The maximum atomic E-state index is 12.2. The topological polar surface area (TPSA) is 84.9 Å². The van der Waals surface area contributed by atoms with Crippen LogP contribution in [0.1, 0.15) is 35.2 Å². The summed E-state index contributed by atoms with van der Waals surface area (Å²) in [6, 6.07) is 4.77. The van der Waals surface area contributed by atoms with Crippen molar-refractivity contribution >= 4 is 11.9 Å². The molecule has 1 saturated carbocycles. The number of benzene rings is 1. The summed E-state index contributed by atoms with van der Waals surface area (Å²) in [5.74, 6) is -0.382. The zero-order chi connectivity index (χ0) is 16.9. The first-order chi connectivity index (χ1) is 11.0. The number of methoxy groups -OCH3 is 2. The molecule has 6 nitrogen and oxygen atoms in total. The summed E-state index contributed by atoms with van der Waals surface area (Å²) in [6.07, 6.45) is 3.18. The molecule has 1 fully saturated rings. The summed E-state index contributed by atoms with van der Waals surface area (Å²) >= 11 is 0. The van der Waals surface area contributed by atoms with Crippen LogP contribution in [0.4, 0.5) is 0 Å². The molecule has 0 spiro atoms. The van der Waals surface area contributed by atoms with Gasteiger partial charge in [0.2, 0.25) is 5.91 Å². The number of hydrogen-bond acceptors (Lipinski definition) is 4. The Kier molecular flexibility index (Phi) is 5.60. The molecule has 0 radical (unpaired) electrons. The van der Waals surface area contributed by atoms with Crippen molar-refractivity contribution in [3.8, 4) is 5.75 Å². The van der Waals surface area contributed by atoms with E-state index in [-0.39, 0.29) is 16.9 Å². The number of ether oxygens (including phenoxy) is 2. The van der Waals surface area contributed by atoms with Gasteiger partial charge in [0.25, 0.3) is 0 Å². The minimum atomic E-state index is -0.989. The maximum absolute atomic E-state index is 12.2. The third kappa shape index (κ3) is 4.22. The molecule has 126 valence electrons. The number of hydrogen-bond donors (Lipinski definition) is 2. The van der Waals surface area contributed by atoms with Crippen molar-refractivity contribution in [2.45, 2.75) is 25.7 Å². The zero-order valence-corrected chi connectivity index (χ0v) is 13.6. The van der Waals surface area contributed by atoms with Crippen molar-refractivity contribution < 1.29 is 24.2 Å². The standard InChI is InChI=1S/C17H23NO5/c1-22-10-8-17(6-7-17)16(21)18-9-5-12-3-4-13(15(19)20)11-14(12)23-2/h3-4,11H,5-10H2,1-2H3,(H,18,21)(H,19,20). The van der Waals surface area contributed by atoms with Crippen LogP contribution in [0.15, 0.2) is 18.2 Å². The Hall–Kier alpha value is -2.08. The molecule has 0 unspecified atom stereocenters. The van der Waals surface area contributed by atoms with Gasteiger partial charge in [0.15, 0.2) is 0 Å². The Morgan fingerprint density at radius 3 is 2.61 bits per heavy atom. The lowest BCUT2D eigenvalue weighted by atomic mass is 10.0. The highest BCUT2D eigenvalue weighted by Gasteiger charge is 2.48. The lowest BCUT2D eigenvalue weighted by Gasteiger charge is -2.15. The molecule has 1 aromatic carbocycles. The van der Waals surface area contributed by atoms with Crippen molar-refractivity contribution in [1.82, 2.24) is 5.32 Å². The molecule has 1 aliphatic rings. The lowest BCUT2D eigenvalue weighted by molar-refractivity contribution is -0.126. The van der Waals surface area contributed by atoms with Gasteiger partial charge in [0.05, 0.1) is 18.1 Å². The smallest absolute Gasteiger partial charge is 0.335 e. The number of carbonyl (C=O) groups is 2. The maximum Gasteiger partial charge on any atom is 0.335 e. The highest BCUT2D eigenvalue weighted by molar-refractivity contribution is 5.88. The molecule has 0 saturated heterocycles. The number of carboxylic acid groups (broad SMARTS) is 1. The fourth-order valence-electron chi connectivity index (χ4n) is 2.62. The van der Waals surface area contributed by atoms with E-state index in [1.54, 1.807) is 19.2 Å². The predicted molar refractivity (Wildman–Crippen MR) is 84.8 cm³/mol. The molecule has 0 heterocycles. The highest BCUT2D eigenvalue weighted by atomic mass is 16.5. The molecule has 0 aromatic heterocycles. The predicted octanol–water partition coefficient (Wildman–Crippen LogP) is 1.87. The van der Waals surface area contributed by atoms with Crippen LogP contribution in [0.5, 0.6) is 5.75 Å². The SMILES string of the molecule is COCCC1(C(=O)NCCc2ccc(C(=O)O)cc2OC)CC1. The van der Waals surface area contributed by atoms with E-state index in [9.17, 15) is 9.59 Å². The van der Waals surface area contributed by atoms with Crippen LogP contribution in [0.3, 0.4) is 0 Å². The first-order valence-electron chi connectivity index (χ1n) is 7.70. The first-order valence-corrected chi connectivity index (χ1v) is 7.70. The van der Waals surface area contributed by atoms with Crippen molar-refractivity contribution in [2.75, 3.05) is 27.4 Å². The minimum Gasteiger partial charge on any atom is -0.496 e. The minimum absolute atomic E-state index is 0.0793. The van der Waals surface area contributed by atoms with Gasteiger partial charge in [-0.15, -0.1) is 0 Å². The molecule has 0 bridgehead atoms. The molecule has 1 aliphatic carbocycles. The number of rotatable bonds is 9. The Labute approximate surface area is 135 Å². The molecule has 1 aromatic rings. The van der Waals surface area contributed by atoms with Crippen LogP contribution in [0.2, 0.25) is 0 Å². The summed E-state index contributed by atoms with van der Waals surface area (Å²) in [5, 5.41) is 12.0. The molecule has 2 N–H and O–H groups in total. The van der Waals surface area contributed by atoms with Gasteiger partial charge in [-0.2, -0.15) is 0 Å². The van der Waals surface area contributed by atoms with Crippen molar-refractivity contribution in [3.63, 3.8) is 0 Å². The summed E-state index contributed by atoms with van der Waals surface area (Å²) in [5.41, 5.74) is 0.818. The molecular formula is C17H23NO5. The highest BCUT2D eigenvalue weighted by Crippen LogP contribution is 2.48. The van der Waals surface area contributed by atoms with E-state index in [0.717, 1.165) is 24.8 Å². The second kappa shape index (κ2) is 7.46. The second-order valence-corrected chi connectivity index (χ2v) is 5.86. The quantitative estimate of drug-likeness (QED) is 0.725. The normalized spacial score (nSPS) is 15.0. The lowest BCUT2D eigenvalue weighted by Crippen LogP contribution is -2.34. The van der Waals surface area contributed by atoms with Gasteiger partial charge in [-0.25, -0.2) is 4.79 Å². The summed E-state index contributed by atoms with van der Waals surface area (Å²) in [6.45, 7) is 1.09. The van der Waals surface area contributed by atoms with E-state index in [4.69, 9.17) is 14.6 Å². The fourth-order valence-corrected chi connectivity index (χ4v) is 2.62. The van der Waals surface area contributed by atoms with E-state index in [1.165, 1.54) is 13.2 Å². The van der Waals surface area contributed by atoms with Gasteiger partial charge >= 0.3 is 5.97 Å². The first kappa shape index (κ1) is 17.3. The molecule has 1 amide bonds. The van der Waals surface area contributed by atoms with Crippen LogP contribution in [-0.2, 0) is 16.0 Å². The van der Waals surface area contributed by atoms with E-state index in [0.29, 0.717) is 25.3 Å². The van der Waals surface area contributed by atoms with Crippen molar-refractivity contribution in [3.05, 3.63) is 29.3 Å². The third-order valence-corrected chi connectivity index (χ3v) is 4.33. The summed E-state index contributed by atoms with van der Waals surface area (Å²) in [7, 11) is 3.15. The van der Waals surface area contributed by atoms with Gasteiger partial charge in [-0.1, -0.05) is 6.07 Å². The molecule has 2 rings (SSSR count). The Morgan fingerprint density at radius 1 is 1.30 bits per heavy atom. The molecular weight excluding hydrogens is 298 g/mol. The average Bonchev–Trinajstić information content (AvgIpc) is 3.34. The van der Waals surface area contributed by atoms with Gasteiger partial charge in [0, 0.05) is 20.3 Å². The van der Waals surface area contributed by atoms with Crippen molar-refractivity contribution in [2.24, 2.45) is 5.41 Å². The van der Waals surface area contributed by atoms with Crippen LogP contribution >= 0.6 is 0 Å². The molecule has 23 heavy (non-hydrogen) atoms. The summed E-state index contributed by atoms with van der Waals surface area (Å²) < 4.78 is 10.3. The number of carbonyl (C=O) groups excluding carboxylic acids is 1. The van der Waals surface area contributed by atoms with E-state index < -0.39 is 5.97 Å². The monoisotopic (exact) mass is 321 g/mol. The van der Waals surface area contributed by atoms with Gasteiger partial charge < -0.3 is 19.9 Å². The van der Waals surface area contributed by atoms with Crippen LogP contribution in [-0.4, -0.2) is 44.4 Å².